The van der Waals surface area contributed by atoms with Crippen LogP contribution in [0.1, 0.15) is 35.9 Å². The van der Waals surface area contributed by atoms with Crippen LogP contribution in [-0.4, -0.2) is 29.5 Å². The lowest BCUT2D eigenvalue weighted by molar-refractivity contribution is -0.0857. The molecule has 0 aromatic heterocycles. The number of nitrogens with zero attached hydrogens (tertiary/aromatic N) is 1. The van der Waals surface area contributed by atoms with Gasteiger partial charge in [0.05, 0.1) is 18.7 Å². The van der Waals surface area contributed by atoms with Crippen molar-refractivity contribution in [2.75, 3.05) is 13.2 Å². The summed E-state index contributed by atoms with van der Waals surface area (Å²) in [5.74, 6) is -1.11. The molecule has 1 saturated heterocycles. The SMILES string of the molecule is CC1(C)COC(c2ccccc2F)CN1C(=O)c1cccc(F)c1. The molecule has 5 heteroatoms. The van der Waals surface area contributed by atoms with Crippen LogP contribution >= 0.6 is 0 Å². The Hall–Kier alpha value is -2.27. The van der Waals surface area contributed by atoms with E-state index in [0.717, 1.165) is 0 Å². The van der Waals surface area contributed by atoms with Gasteiger partial charge in [0.15, 0.2) is 0 Å². The van der Waals surface area contributed by atoms with Gasteiger partial charge in [-0.3, -0.25) is 4.79 Å². The number of carbonyl (C=O) groups is 1. The molecule has 0 spiro atoms. The van der Waals surface area contributed by atoms with Crippen LogP contribution in [0.4, 0.5) is 8.78 Å². The Labute approximate surface area is 139 Å². The van der Waals surface area contributed by atoms with E-state index in [1.807, 2.05) is 13.8 Å². The number of amides is 1. The van der Waals surface area contributed by atoms with Crippen LogP contribution in [0.3, 0.4) is 0 Å². The summed E-state index contributed by atoms with van der Waals surface area (Å²) >= 11 is 0. The predicted molar refractivity (Wildman–Crippen MR) is 86.6 cm³/mol. The van der Waals surface area contributed by atoms with Gasteiger partial charge in [0.1, 0.15) is 17.7 Å². The van der Waals surface area contributed by atoms with Crippen molar-refractivity contribution >= 4 is 5.91 Å². The minimum absolute atomic E-state index is 0.212. The molecule has 2 aromatic rings. The van der Waals surface area contributed by atoms with Crippen molar-refractivity contribution in [3.8, 4) is 0 Å². The summed E-state index contributed by atoms with van der Waals surface area (Å²) in [7, 11) is 0. The number of halogens is 2. The van der Waals surface area contributed by atoms with E-state index in [4.69, 9.17) is 4.74 Å². The van der Waals surface area contributed by atoms with Gasteiger partial charge in [0, 0.05) is 11.1 Å². The summed E-state index contributed by atoms with van der Waals surface area (Å²) in [4.78, 5) is 14.5. The lowest BCUT2D eigenvalue weighted by Crippen LogP contribution is -2.56. The van der Waals surface area contributed by atoms with Crippen molar-refractivity contribution in [3.05, 3.63) is 71.3 Å². The second kappa shape index (κ2) is 6.32. The Morgan fingerprint density at radius 1 is 1.17 bits per heavy atom. The molecule has 1 aliphatic rings. The largest absolute Gasteiger partial charge is 0.369 e. The number of ether oxygens (including phenoxy) is 1. The van der Waals surface area contributed by atoms with Crippen molar-refractivity contribution in [2.24, 2.45) is 0 Å². The number of rotatable bonds is 2. The minimum Gasteiger partial charge on any atom is -0.369 e. The number of hydrogen-bond donors (Lipinski definition) is 0. The van der Waals surface area contributed by atoms with Crippen molar-refractivity contribution in [2.45, 2.75) is 25.5 Å². The highest BCUT2D eigenvalue weighted by Crippen LogP contribution is 2.32. The van der Waals surface area contributed by atoms with E-state index in [9.17, 15) is 13.6 Å². The first-order valence-corrected chi connectivity index (χ1v) is 7.82. The quantitative estimate of drug-likeness (QED) is 0.834. The normalized spacial score (nSPS) is 20.0. The molecule has 1 amide bonds. The zero-order chi connectivity index (χ0) is 17.3. The topological polar surface area (TPSA) is 29.5 Å². The number of carbonyl (C=O) groups excluding carboxylic acids is 1. The second-order valence-corrected chi connectivity index (χ2v) is 6.56. The number of hydrogen-bond acceptors (Lipinski definition) is 2. The first kappa shape index (κ1) is 16.6. The van der Waals surface area contributed by atoms with E-state index >= 15 is 0 Å². The van der Waals surface area contributed by atoms with Gasteiger partial charge in [-0.25, -0.2) is 8.78 Å². The van der Waals surface area contributed by atoms with E-state index in [2.05, 4.69) is 0 Å². The molecule has 0 saturated carbocycles. The minimum atomic E-state index is -0.564. The first-order valence-electron chi connectivity index (χ1n) is 7.82. The van der Waals surface area contributed by atoms with Gasteiger partial charge in [-0.05, 0) is 38.1 Å². The molecular formula is C19H19F2NO2. The molecule has 24 heavy (non-hydrogen) atoms. The fourth-order valence-electron chi connectivity index (χ4n) is 2.91. The maximum absolute atomic E-state index is 14.0. The van der Waals surface area contributed by atoms with Crippen molar-refractivity contribution in [1.82, 2.24) is 4.90 Å². The highest BCUT2D eigenvalue weighted by atomic mass is 19.1. The lowest BCUT2D eigenvalue weighted by atomic mass is 9.96. The standard InChI is InChI=1S/C19H19F2NO2/c1-19(2)12-24-17(15-8-3-4-9-16(15)21)11-22(19)18(23)13-6-5-7-14(20)10-13/h3-10,17H,11-12H2,1-2H3. The summed E-state index contributed by atoms with van der Waals surface area (Å²) in [6.07, 6.45) is -0.545. The van der Waals surface area contributed by atoms with E-state index in [1.165, 1.54) is 24.3 Å². The average molecular weight is 331 g/mol. The second-order valence-electron chi connectivity index (χ2n) is 6.56. The van der Waals surface area contributed by atoms with E-state index in [-0.39, 0.29) is 30.4 Å². The molecule has 1 unspecified atom stereocenters. The van der Waals surface area contributed by atoms with Gasteiger partial charge in [-0.1, -0.05) is 24.3 Å². The smallest absolute Gasteiger partial charge is 0.254 e. The summed E-state index contributed by atoms with van der Waals surface area (Å²) < 4.78 is 33.3. The Morgan fingerprint density at radius 3 is 2.62 bits per heavy atom. The van der Waals surface area contributed by atoms with E-state index in [1.54, 1.807) is 29.2 Å². The van der Waals surface area contributed by atoms with Gasteiger partial charge in [0.25, 0.3) is 5.91 Å². The van der Waals surface area contributed by atoms with Gasteiger partial charge >= 0.3 is 0 Å². The van der Waals surface area contributed by atoms with Crippen LogP contribution in [0.2, 0.25) is 0 Å². The summed E-state index contributed by atoms with van der Waals surface area (Å²) in [6.45, 7) is 4.24. The molecule has 1 atom stereocenters. The van der Waals surface area contributed by atoms with Crippen molar-refractivity contribution < 1.29 is 18.3 Å². The van der Waals surface area contributed by atoms with Gasteiger partial charge in [-0.2, -0.15) is 0 Å². The number of benzene rings is 2. The van der Waals surface area contributed by atoms with E-state index in [0.29, 0.717) is 5.56 Å². The van der Waals surface area contributed by atoms with Gasteiger partial charge < -0.3 is 9.64 Å². The molecule has 0 bridgehead atoms. The molecule has 0 aliphatic carbocycles. The molecule has 2 aromatic carbocycles. The van der Waals surface area contributed by atoms with Crippen molar-refractivity contribution in [3.63, 3.8) is 0 Å². The van der Waals surface area contributed by atoms with E-state index < -0.39 is 17.5 Å². The van der Waals surface area contributed by atoms with Crippen LogP contribution < -0.4 is 0 Å². The van der Waals surface area contributed by atoms with Gasteiger partial charge in [-0.15, -0.1) is 0 Å². The Morgan fingerprint density at radius 2 is 1.92 bits per heavy atom. The average Bonchev–Trinajstić information content (AvgIpc) is 2.55. The number of morpholine rings is 1. The predicted octanol–water partition coefficient (Wildman–Crippen LogP) is 3.96. The monoisotopic (exact) mass is 331 g/mol. The Balaban J connectivity index is 1.90. The van der Waals surface area contributed by atoms with Crippen molar-refractivity contribution in [1.29, 1.82) is 0 Å². The maximum atomic E-state index is 14.0. The Bertz CT molecular complexity index is 761. The molecule has 1 aliphatic heterocycles. The Kier molecular flexibility index (Phi) is 4.37. The van der Waals surface area contributed by atoms with Crippen LogP contribution in [0.15, 0.2) is 48.5 Å². The molecule has 1 fully saturated rings. The fraction of sp³-hybridized carbons (Fsp3) is 0.316. The van der Waals surface area contributed by atoms with Crippen LogP contribution in [0, 0.1) is 11.6 Å². The maximum Gasteiger partial charge on any atom is 0.254 e. The zero-order valence-corrected chi connectivity index (χ0v) is 13.6. The third kappa shape index (κ3) is 3.17. The zero-order valence-electron chi connectivity index (χ0n) is 13.6. The third-order valence-electron chi connectivity index (χ3n) is 4.29. The van der Waals surface area contributed by atoms with Crippen LogP contribution in [0.5, 0.6) is 0 Å². The molecule has 126 valence electrons. The summed E-state index contributed by atoms with van der Waals surface area (Å²) in [5, 5.41) is 0. The molecule has 0 radical (unpaired) electrons. The molecule has 3 rings (SSSR count). The highest BCUT2D eigenvalue weighted by molar-refractivity contribution is 5.94. The lowest BCUT2D eigenvalue weighted by Gasteiger charge is -2.45. The molecule has 1 heterocycles. The highest BCUT2D eigenvalue weighted by Gasteiger charge is 2.39. The van der Waals surface area contributed by atoms with Crippen LogP contribution in [0.25, 0.3) is 0 Å². The first-order chi connectivity index (χ1) is 11.4. The van der Waals surface area contributed by atoms with Crippen LogP contribution in [-0.2, 0) is 4.74 Å². The summed E-state index contributed by atoms with van der Waals surface area (Å²) in [6, 6.07) is 12.0. The summed E-state index contributed by atoms with van der Waals surface area (Å²) in [5.41, 5.74) is 0.132. The molecule has 0 N–H and O–H groups in total. The fourth-order valence-corrected chi connectivity index (χ4v) is 2.91. The molecular weight excluding hydrogens is 312 g/mol. The van der Waals surface area contributed by atoms with Gasteiger partial charge in [0.2, 0.25) is 0 Å². The molecule has 3 nitrogen and oxygen atoms in total. The third-order valence-corrected chi connectivity index (χ3v) is 4.29.